The molecular formula is C12H16N4O4. The summed E-state index contributed by atoms with van der Waals surface area (Å²) in [7, 11) is 2.96. The number of hydrogen-bond donors (Lipinski definition) is 3. The van der Waals surface area contributed by atoms with Gasteiger partial charge in [0.05, 0.1) is 14.2 Å². The van der Waals surface area contributed by atoms with E-state index in [1.165, 1.54) is 21.1 Å². The highest BCUT2D eigenvalue weighted by atomic mass is 16.5. The minimum absolute atomic E-state index is 0.0522. The number of amides is 2. The zero-order chi connectivity index (χ0) is 15.1. The van der Waals surface area contributed by atoms with Crippen molar-refractivity contribution in [3.8, 4) is 11.5 Å². The summed E-state index contributed by atoms with van der Waals surface area (Å²) in [6.07, 6.45) is 0. The summed E-state index contributed by atoms with van der Waals surface area (Å²) >= 11 is 0. The van der Waals surface area contributed by atoms with E-state index in [2.05, 4.69) is 10.5 Å². The highest BCUT2D eigenvalue weighted by Gasteiger charge is 2.16. The summed E-state index contributed by atoms with van der Waals surface area (Å²) in [5.74, 6) is 4.96. The fourth-order valence-corrected chi connectivity index (χ4v) is 1.43. The number of rotatable bonds is 5. The van der Waals surface area contributed by atoms with Gasteiger partial charge in [0.25, 0.3) is 5.91 Å². The molecule has 0 heterocycles. The molecule has 0 atom stereocenters. The lowest BCUT2D eigenvalue weighted by molar-refractivity contribution is -0.118. The first-order chi connectivity index (χ1) is 9.53. The van der Waals surface area contributed by atoms with Crippen LogP contribution in [0.1, 0.15) is 12.5 Å². The van der Waals surface area contributed by atoms with Gasteiger partial charge in [-0.25, -0.2) is 11.3 Å². The summed E-state index contributed by atoms with van der Waals surface area (Å²) in [6.45, 7) is 1.27. The molecule has 0 aliphatic rings. The first-order valence-corrected chi connectivity index (χ1v) is 5.61. The number of nitrogens with two attached hydrogens (primary N) is 1. The van der Waals surface area contributed by atoms with Gasteiger partial charge in [-0.3, -0.25) is 15.0 Å². The Labute approximate surface area is 115 Å². The van der Waals surface area contributed by atoms with E-state index in [0.717, 1.165) is 0 Å². The predicted molar refractivity (Wildman–Crippen MR) is 72.2 cm³/mol. The molecule has 1 aromatic rings. The van der Waals surface area contributed by atoms with Gasteiger partial charge in [0.2, 0.25) is 5.91 Å². The van der Waals surface area contributed by atoms with Gasteiger partial charge in [-0.1, -0.05) is 0 Å². The van der Waals surface area contributed by atoms with Crippen molar-refractivity contribution in [2.75, 3.05) is 14.2 Å². The van der Waals surface area contributed by atoms with Gasteiger partial charge in [0, 0.05) is 12.5 Å². The van der Waals surface area contributed by atoms with Gasteiger partial charge in [-0.2, -0.15) is 5.10 Å². The van der Waals surface area contributed by atoms with Crippen LogP contribution in [0.2, 0.25) is 0 Å². The third-order valence-electron chi connectivity index (χ3n) is 2.33. The van der Waals surface area contributed by atoms with Crippen molar-refractivity contribution in [2.45, 2.75) is 6.92 Å². The van der Waals surface area contributed by atoms with Gasteiger partial charge < -0.3 is 9.47 Å². The summed E-state index contributed by atoms with van der Waals surface area (Å²) in [5.41, 5.74) is 4.51. The van der Waals surface area contributed by atoms with E-state index >= 15 is 0 Å². The molecule has 8 nitrogen and oxygen atoms in total. The largest absolute Gasteiger partial charge is 0.493 e. The Hall–Kier alpha value is -2.61. The van der Waals surface area contributed by atoms with E-state index < -0.39 is 11.8 Å². The third kappa shape index (κ3) is 3.69. The quantitative estimate of drug-likeness (QED) is 0.292. The molecular weight excluding hydrogens is 264 g/mol. The van der Waals surface area contributed by atoms with Crippen molar-refractivity contribution >= 4 is 17.5 Å². The van der Waals surface area contributed by atoms with Crippen molar-refractivity contribution in [2.24, 2.45) is 10.9 Å². The van der Waals surface area contributed by atoms with E-state index in [-0.39, 0.29) is 5.71 Å². The van der Waals surface area contributed by atoms with Gasteiger partial charge >= 0.3 is 0 Å². The van der Waals surface area contributed by atoms with Crippen LogP contribution in [0.15, 0.2) is 23.3 Å². The van der Waals surface area contributed by atoms with E-state index in [9.17, 15) is 9.59 Å². The Morgan fingerprint density at radius 3 is 2.35 bits per heavy atom. The second-order valence-electron chi connectivity index (χ2n) is 3.67. The minimum Gasteiger partial charge on any atom is -0.493 e. The molecule has 0 bridgehead atoms. The highest BCUT2D eigenvalue weighted by Crippen LogP contribution is 2.27. The number of nitrogens with zero attached hydrogens (tertiary/aromatic N) is 1. The summed E-state index contributed by atoms with van der Waals surface area (Å²) in [6, 6.07) is 4.76. The smallest absolute Gasteiger partial charge is 0.286 e. The van der Waals surface area contributed by atoms with E-state index in [1.54, 1.807) is 18.2 Å². The molecule has 8 heteroatoms. The van der Waals surface area contributed by atoms with Crippen molar-refractivity contribution in [1.82, 2.24) is 10.9 Å². The Kier molecular flexibility index (Phi) is 5.48. The van der Waals surface area contributed by atoms with Crippen LogP contribution < -0.4 is 26.2 Å². The molecule has 0 fully saturated rings. The Balaban J connectivity index is 3.23. The van der Waals surface area contributed by atoms with Crippen LogP contribution in [0.4, 0.5) is 0 Å². The molecule has 0 aliphatic carbocycles. The first kappa shape index (κ1) is 15.4. The van der Waals surface area contributed by atoms with Crippen LogP contribution in [0.3, 0.4) is 0 Å². The molecule has 4 N–H and O–H groups in total. The number of carbonyl (C=O) groups excluding carboxylic acids is 2. The lowest BCUT2D eigenvalue weighted by Crippen LogP contribution is -2.38. The fourth-order valence-electron chi connectivity index (χ4n) is 1.43. The SMILES string of the molecule is COc1ccc(C(=NNC(C)=O)C(=O)NN)cc1OC. The number of ether oxygens (including phenoxy) is 2. The van der Waals surface area contributed by atoms with Crippen LogP contribution in [0.25, 0.3) is 0 Å². The van der Waals surface area contributed by atoms with Crippen LogP contribution >= 0.6 is 0 Å². The molecule has 20 heavy (non-hydrogen) atoms. The number of benzene rings is 1. The minimum atomic E-state index is -0.647. The molecule has 0 saturated heterocycles. The number of hydrazine groups is 1. The van der Waals surface area contributed by atoms with Crippen molar-refractivity contribution in [3.05, 3.63) is 23.8 Å². The number of hydrazone groups is 1. The second-order valence-corrected chi connectivity index (χ2v) is 3.67. The van der Waals surface area contributed by atoms with Gasteiger partial charge in [0.15, 0.2) is 17.2 Å². The standard InChI is InChI=1S/C12H16N4O4/c1-7(17)15-16-11(12(18)14-13)8-4-5-9(19-2)10(6-8)20-3/h4-6H,13H2,1-3H3,(H,14,18)(H,15,17). The monoisotopic (exact) mass is 280 g/mol. The van der Waals surface area contributed by atoms with Crippen molar-refractivity contribution < 1.29 is 19.1 Å². The van der Waals surface area contributed by atoms with Crippen LogP contribution in [0, 0.1) is 0 Å². The Morgan fingerprint density at radius 1 is 1.20 bits per heavy atom. The molecule has 0 aromatic heterocycles. The average molecular weight is 280 g/mol. The predicted octanol–water partition coefficient (Wildman–Crippen LogP) is -0.466. The lowest BCUT2D eigenvalue weighted by Gasteiger charge is -2.10. The van der Waals surface area contributed by atoms with Crippen LogP contribution in [-0.4, -0.2) is 31.7 Å². The normalized spacial score (nSPS) is 10.7. The van der Waals surface area contributed by atoms with Gasteiger partial charge in [-0.15, -0.1) is 0 Å². The summed E-state index contributed by atoms with van der Waals surface area (Å²) < 4.78 is 10.2. The molecule has 0 spiro atoms. The third-order valence-corrected chi connectivity index (χ3v) is 2.33. The van der Waals surface area contributed by atoms with E-state index in [1.807, 2.05) is 5.43 Å². The van der Waals surface area contributed by atoms with Gasteiger partial charge in [-0.05, 0) is 18.2 Å². The number of methoxy groups -OCH3 is 2. The number of carbonyl (C=O) groups is 2. The number of hydrogen-bond acceptors (Lipinski definition) is 6. The van der Waals surface area contributed by atoms with E-state index in [4.69, 9.17) is 15.3 Å². The fraction of sp³-hybridized carbons (Fsp3) is 0.250. The van der Waals surface area contributed by atoms with Crippen LogP contribution in [-0.2, 0) is 9.59 Å². The molecule has 0 aliphatic heterocycles. The summed E-state index contributed by atoms with van der Waals surface area (Å²) in [5, 5.41) is 3.72. The zero-order valence-corrected chi connectivity index (χ0v) is 11.4. The van der Waals surface area contributed by atoms with Crippen LogP contribution in [0.5, 0.6) is 11.5 Å². The molecule has 1 aromatic carbocycles. The number of nitrogens with one attached hydrogen (secondary N) is 2. The molecule has 1 rings (SSSR count). The maximum absolute atomic E-state index is 11.7. The maximum Gasteiger partial charge on any atom is 0.286 e. The first-order valence-electron chi connectivity index (χ1n) is 5.61. The molecule has 2 amide bonds. The maximum atomic E-state index is 11.7. The highest BCUT2D eigenvalue weighted by molar-refractivity contribution is 6.45. The molecule has 108 valence electrons. The van der Waals surface area contributed by atoms with Crippen molar-refractivity contribution in [1.29, 1.82) is 0 Å². The summed E-state index contributed by atoms with van der Waals surface area (Å²) in [4.78, 5) is 22.6. The Bertz CT molecular complexity index is 542. The Morgan fingerprint density at radius 2 is 1.85 bits per heavy atom. The zero-order valence-electron chi connectivity index (χ0n) is 11.4. The van der Waals surface area contributed by atoms with Gasteiger partial charge in [0.1, 0.15) is 0 Å². The topological polar surface area (TPSA) is 115 Å². The second kappa shape index (κ2) is 7.10. The average Bonchev–Trinajstić information content (AvgIpc) is 2.46. The van der Waals surface area contributed by atoms with E-state index in [0.29, 0.717) is 17.1 Å². The molecule has 0 radical (unpaired) electrons. The molecule has 0 saturated carbocycles. The van der Waals surface area contributed by atoms with Crippen molar-refractivity contribution in [3.63, 3.8) is 0 Å². The lowest BCUT2D eigenvalue weighted by atomic mass is 10.1. The molecule has 0 unspecified atom stereocenters.